The molecular weight excluding hydrogens is 424 g/mol. The molecule has 0 spiro atoms. The molecule has 0 bridgehead atoms. The molecule has 0 aliphatic heterocycles. The Labute approximate surface area is 196 Å². The van der Waals surface area contributed by atoms with Gasteiger partial charge in [-0.25, -0.2) is 0 Å². The monoisotopic (exact) mass is 456 g/mol. The Morgan fingerprint density at radius 1 is 1.03 bits per heavy atom. The molecule has 1 amide bonds. The number of nitrogens with zero attached hydrogens (tertiary/aromatic N) is 1. The van der Waals surface area contributed by atoms with E-state index in [1.165, 1.54) is 11.6 Å². The van der Waals surface area contributed by atoms with Gasteiger partial charge < -0.3 is 14.6 Å². The fraction of sp³-hybridized carbons (Fsp3) is 0.385. The smallest absolute Gasteiger partial charge is 0.287 e. The van der Waals surface area contributed by atoms with Crippen LogP contribution >= 0.6 is 12.4 Å². The van der Waals surface area contributed by atoms with E-state index in [-0.39, 0.29) is 35.1 Å². The number of likely N-dealkylation sites (N-methyl/N-ethyl adjacent to an activating group) is 1. The normalized spacial score (nSPS) is 12.5. The molecule has 3 rings (SSSR count). The lowest BCUT2D eigenvalue weighted by molar-refractivity contribution is 0.0914. The van der Waals surface area contributed by atoms with Crippen molar-refractivity contribution >= 4 is 29.3 Å². The Balaban J connectivity index is 0.00000363. The zero-order valence-electron chi connectivity index (χ0n) is 19.9. The number of nitrogens with one attached hydrogen (secondary N) is 1. The van der Waals surface area contributed by atoms with Crippen LogP contribution in [-0.2, 0) is 5.41 Å². The van der Waals surface area contributed by atoms with Crippen molar-refractivity contribution in [1.82, 2.24) is 10.2 Å². The van der Waals surface area contributed by atoms with Gasteiger partial charge in [-0.3, -0.25) is 9.59 Å². The van der Waals surface area contributed by atoms with Crippen LogP contribution in [0.3, 0.4) is 0 Å². The second-order valence-electron chi connectivity index (χ2n) is 9.47. The first-order chi connectivity index (χ1) is 14.5. The van der Waals surface area contributed by atoms with Crippen molar-refractivity contribution in [3.8, 4) is 0 Å². The number of carbonyl (C=O) groups excluding carboxylic acids is 1. The molecule has 172 valence electrons. The number of halogens is 1. The molecular formula is C26H33ClN2O3. The third-order valence-electron chi connectivity index (χ3n) is 5.81. The van der Waals surface area contributed by atoms with Crippen molar-refractivity contribution in [3.05, 3.63) is 80.7 Å². The molecule has 2 aromatic carbocycles. The lowest BCUT2D eigenvalue weighted by Gasteiger charge is -2.26. The van der Waals surface area contributed by atoms with Gasteiger partial charge in [0.2, 0.25) is 0 Å². The van der Waals surface area contributed by atoms with Crippen molar-refractivity contribution in [2.24, 2.45) is 0 Å². The van der Waals surface area contributed by atoms with Gasteiger partial charge in [0.25, 0.3) is 5.91 Å². The number of fused-ring (bicyclic) bond motifs is 1. The van der Waals surface area contributed by atoms with Gasteiger partial charge in [0.15, 0.2) is 11.2 Å². The van der Waals surface area contributed by atoms with E-state index < -0.39 is 5.91 Å². The molecule has 1 aromatic heterocycles. The first kappa shape index (κ1) is 25.6. The van der Waals surface area contributed by atoms with Crippen LogP contribution in [0.2, 0.25) is 0 Å². The summed E-state index contributed by atoms with van der Waals surface area (Å²) in [6.07, 6.45) is 0. The van der Waals surface area contributed by atoms with Gasteiger partial charge in [-0.05, 0) is 67.7 Å². The second-order valence-corrected chi connectivity index (χ2v) is 9.47. The Morgan fingerprint density at radius 2 is 1.62 bits per heavy atom. The van der Waals surface area contributed by atoms with E-state index in [0.29, 0.717) is 17.5 Å². The maximum atomic E-state index is 12.8. The lowest BCUT2D eigenvalue weighted by Crippen LogP contribution is -2.34. The molecule has 32 heavy (non-hydrogen) atoms. The third-order valence-corrected chi connectivity index (χ3v) is 5.81. The van der Waals surface area contributed by atoms with Gasteiger partial charge >= 0.3 is 0 Å². The summed E-state index contributed by atoms with van der Waals surface area (Å²) in [5.74, 6) is -0.364. The standard InChI is InChI=1S/C26H32N2O3.ClH/c1-16-12-20-22(29)14-24(31-23(20)13-17(16)2)25(30)27-15-21(28(6)7)18-8-10-19(11-9-18)26(3,4)5;/h8-14,21H,15H2,1-7H3,(H,27,30);1H. The van der Waals surface area contributed by atoms with E-state index >= 15 is 0 Å². The van der Waals surface area contributed by atoms with Crippen molar-refractivity contribution in [2.75, 3.05) is 20.6 Å². The number of hydrogen-bond donors (Lipinski definition) is 1. The maximum absolute atomic E-state index is 12.8. The molecule has 0 radical (unpaired) electrons. The maximum Gasteiger partial charge on any atom is 0.287 e. The third kappa shape index (κ3) is 5.59. The van der Waals surface area contributed by atoms with Crippen molar-refractivity contribution in [2.45, 2.75) is 46.1 Å². The van der Waals surface area contributed by atoms with Crippen molar-refractivity contribution < 1.29 is 9.21 Å². The molecule has 1 heterocycles. The van der Waals surface area contributed by atoms with Gasteiger partial charge in [0, 0.05) is 12.6 Å². The quantitative estimate of drug-likeness (QED) is 0.575. The summed E-state index contributed by atoms with van der Waals surface area (Å²) in [6.45, 7) is 10.9. The number of rotatable bonds is 5. The van der Waals surface area contributed by atoms with E-state index in [1.54, 1.807) is 0 Å². The first-order valence-electron chi connectivity index (χ1n) is 10.6. The summed E-state index contributed by atoms with van der Waals surface area (Å²) in [7, 11) is 3.96. The molecule has 0 aliphatic carbocycles. The molecule has 0 fully saturated rings. The van der Waals surface area contributed by atoms with Crippen molar-refractivity contribution in [3.63, 3.8) is 0 Å². The summed E-state index contributed by atoms with van der Waals surface area (Å²) >= 11 is 0. The number of amides is 1. The highest BCUT2D eigenvalue weighted by atomic mass is 35.5. The summed E-state index contributed by atoms with van der Waals surface area (Å²) in [5, 5.41) is 3.42. The van der Waals surface area contributed by atoms with Gasteiger partial charge in [-0.15, -0.1) is 12.4 Å². The summed E-state index contributed by atoms with van der Waals surface area (Å²) in [4.78, 5) is 27.3. The van der Waals surface area contributed by atoms with E-state index in [4.69, 9.17) is 4.42 Å². The minimum Gasteiger partial charge on any atom is -0.451 e. The highest BCUT2D eigenvalue weighted by Gasteiger charge is 2.20. The fourth-order valence-electron chi connectivity index (χ4n) is 3.60. The predicted octanol–water partition coefficient (Wildman–Crippen LogP) is 5.16. The van der Waals surface area contributed by atoms with Gasteiger partial charge in [0.1, 0.15) is 5.58 Å². The van der Waals surface area contributed by atoms with E-state index in [1.807, 2.05) is 40.1 Å². The van der Waals surface area contributed by atoms with E-state index in [0.717, 1.165) is 16.7 Å². The number of aryl methyl sites for hydroxylation is 2. The average molecular weight is 457 g/mol. The number of benzene rings is 2. The fourth-order valence-corrected chi connectivity index (χ4v) is 3.60. The topological polar surface area (TPSA) is 62.6 Å². The Bertz CT molecular complexity index is 1160. The first-order valence-corrected chi connectivity index (χ1v) is 10.6. The lowest BCUT2D eigenvalue weighted by atomic mass is 9.86. The highest BCUT2D eigenvalue weighted by Crippen LogP contribution is 2.25. The Kier molecular flexibility index (Phi) is 7.92. The van der Waals surface area contributed by atoms with E-state index in [2.05, 4.69) is 55.3 Å². The molecule has 3 aromatic rings. The summed E-state index contributed by atoms with van der Waals surface area (Å²) in [6, 6.07) is 13.4. The predicted molar refractivity (Wildman–Crippen MR) is 133 cm³/mol. The van der Waals surface area contributed by atoms with E-state index in [9.17, 15) is 9.59 Å². The largest absolute Gasteiger partial charge is 0.451 e. The van der Waals surface area contributed by atoms with Crippen LogP contribution in [0.25, 0.3) is 11.0 Å². The average Bonchev–Trinajstić information content (AvgIpc) is 2.69. The number of carbonyl (C=O) groups is 1. The van der Waals surface area contributed by atoms with Crippen LogP contribution < -0.4 is 10.7 Å². The van der Waals surface area contributed by atoms with Crippen LogP contribution in [0.15, 0.2) is 51.7 Å². The molecule has 1 N–H and O–H groups in total. The zero-order valence-corrected chi connectivity index (χ0v) is 20.7. The van der Waals surface area contributed by atoms with Crippen LogP contribution in [0, 0.1) is 13.8 Å². The minimum absolute atomic E-state index is 0. The zero-order chi connectivity index (χ0) is 22.9. The Hall–Kier alpha value is -2.63. The summed E-state index contributed by atoms with van der Waals surface area (Å²) in [5.41, 5.74) is 4.72. The SMILES string of the molecule is Cc1cc2oc(C(=O)NCC(c3ccc(C(C)(C)C)cc3)N(C)C)cc(=O)c2cc1C.Cl. The van der Waals surface area contributed by atoms with Crippen LogP contribution in [0.1, 0.15) is 59.6 Å². The number of hydrogen-bond acceptors (Lipinski definition) is 4. The van der Waals surface area contributed by atoms with Gasteiger partial charge in [-0.1, -0.05) is 45.0 Å². The molecule has 1 atom stereocenters. The molecule has 0 saturated carbocycles. The Morgan fingerprint density at radius 3 is 2.19 bits per heavy atom. The van der Waals surface area contributed by atoms with Crippen LogP contribution in [0.4, 0.5) is 0 Å². The molecule has 0 saturated heterocycles. The molecule has 5 nitrogen and oxygen atoms in total. The minimum atomic E-state index is -0.393. The molecule has 0 aliphatic rings. The summed E-state index contributed by atoms with van der Waals surface area (Å²) < 4.78 is 5.77. The highest BCUT2D eigenvalue weighted by molar-refractivity contribution is 5.93. The second kappa shape index (κ2) is 9.88. The van der Waals surface area contributed by atoms with Crippen molar-refractivity contribution in [1.29, 1.82) is 0 Å². The van der Waals surface area contributed by atoms with Crippen LogP contribution in [-0.4, -0.2) is 31.4 Å². The van der Waals surface area contributed by atoms with Crippen LogP contribution in [0.5, 0.6) is 0 Å². The molecule has 6 heteroatoms. The van der Waals surface area contributed by atoms with Gasteiger partial charge in [0.05, 0.1) is 11.4 Å². The molecule has 1 unspecified atom stereocenters. The van der Waals surface area contributed by atoms with Gasteiger partial charge in [-0.2, -0.15) is 0 Å².